The Morgan fingerprint density at radius 3 is 2.88 bits per heavy atom. The van der Waals surface area contributed by atoms with Crippen LogP contribution in [-0.2, 0) is 16.1 Å². The molecule has 8 heteroatoms. The molecule has 25 heavy (non-hydrogen) atoms. The number of halogens is 1. The number of carbonyl (C=O) groups excluding carboxylic acids is 1. The molecule has 1 aliphatic rings. The van der Waals surface area contributed by atoms with E-state index in [9.17, 15) is 9.90 Å². The number of hydrogen-bond donors (Lipinski definition) is 2. The number of aliphatic hydroxyl groups excluding tert-OH is 1. The summed E-state index contributed by atoms with van der Waals surface area (Å²) in [6, 6.07) is 9.07. The van der Waals surface area contributed by atoms with Crippen LogP contribution >= 0.6 is 11.6 Å². The van der Waals surface area contributed by atoms with Crippen molar-refractivity contribution < 1.29 is 14.6 Å². The molecule has 0 spiro atoms. The summed E-state index contributed by atoms with van der Waals surface area (Å²) in [6.07, 6.45) is -0.518. The lowest BCUT2D eigenvalue weighted by Gasteiger charge is -2.29. The van der Waals surface area contributed by atoms with Crippen LogP contribution in [0.2, 0.25) is 5.02 Å². The Labute approximate surface area is 151 Å². The number of anilines is 1. The zero-order valence-corrected chi connectivity index (χ0v) is 14.7. The molecule has 0 radical (unpaired) electrons. The van der Waals surface area contributed by atoms with E-state index < -0.39 is 6.10 Å². The van der Waals surface area contributed by atoms with E-state index in [1.54, 1.807) is 22.9 Å². The summed E-state index contributed by atoms with van der Waals surface area (Å²) in [5.41, 5.74) is 1.58. The maximum absolute atomic E-state index is 12.5. The molecule has 1 amide bonds. The SMILES string of the molecule is CN1CCOC(C(=O)Nc2cc(-c3ccc(Cl)cc3)nn2CCO)C1. The number of benzene rings is 1. The average Bonchev–Trinajstić information content (AvgIpc) is 2.98. The lowest BCUT2D eigenvalue weighted by Crippen LogP contribution is -2.46. The molecule has 134 valence electrons. The number of hydrogen-bond acceptors (Lipinski definition) is 5. The highest BCUT2D eigenvalue weighted by Crippen LogP contribution is 2.24. The highest BCUT2D eigenvalue weighted by Gasteiger charge is 2.26. The second-order valence-corrected chi connectivity index (χ2v) is 6.42. The summed E-state index contributed by atoms with van der Waals surface area (Å²) in [5, 5.41) is 17.2. The minimum Gasteiger partial charge on any atom is -0.394 e. The minimum absolute atomic E-state index is 0.0761. The molecular formula is C17H21ClN4O3. The summed E-state index contributed by atoms with van der Waals surface area (Å²) in [7, 11) is 1.96. The molecule has 7 nitrogen and oxygen atoms in total. The van der Waals surface area contributed by atoms with Crippen molar-refractivity contribution in [2.24, 2.45) is 0 Å². The number of aromatic nitrogens is 2. The van der Waals surface area contributed by atoms with Crippen LogP contribution in [0.3, 0.4) is 0 Å². The summed E-state index contributed by atoms with van der Waals surface area (Å²) in [4.78, 5) is 14.5. The number of carbonyl (C=O) groups is 1. The fourth-order valence-electron chi connectivity index (χ4n) is 2.69. The Morgan fingerprint density at radius 1 is 1.44 bits per heavy atom. The van der Waals surface area contributed by atoms with E-state index in [4.69, 9.17) is 16.3 Å². The number of morpholine rings is 1. The molecule has 1 aromatic carbocycles. The van der Waals surface area contributed by atoms with Crippen LogP contribution in [0.25, 0.3) is 11.3 Å². The molecule has 3 rings (SSSR count). The van der Waals surface area contributed by atoms with E-state index in [2.05, 4.69) is 15.3 Å². The van der Waals surface area contributed by atoms with Crippen molar-refractivity contribution in [3.05, 3.63) is 35.4 Å². The van der Waals surface area contributed by atoms with Crippen LogP contribution in [-0.4, -0.2) is 65.1 Å². The lowest BCUT2D eigenvalue weighted by atomic mass is 10.1. The van der Waals surface area contributed by atoms with Gasteiger partial charge in [-0.05, 0) is 19.2 Å². The molecule has 0 saturated carbocycles. The van der Waals surface area contributed by atoms with Crippen molar-refractivity contribution in [2.45, 2.75) is 12.6 Å². The molecule has 1 unspecified atom stereocenters. The van der Waals surface area contributed by atoms with Gasteiger partial charge in [-0.3, -0.25) is 4.79 Å². The molecule has 1 fully saturated rings. The second kappa shape index (κ2) is 7.97. The lowest BCUT2D eigenvalue weighted by molar-refractivity contribution is -0.132. The van der Waals surface area contributed by atoms with Gasteiger partial charge in [0.1, 0.15) is 11.9 Å². The first-order valence-corrected chi connectivity index (χ1v) is 8.50. The summed E-state index contributed by atoms with van der Waals surface area (Å²) >= 11 is 5.92. The number of amides is 1. The van der Waals surface area contributed by atoms with Gasteiger partial charge in [0.05, 0.1) is 25.5 Å². The maximum atomic E-state index is 12.5. The molecule has 1 aromatic heterocycles. The molecule has 2 aromatic rings. The monoisotopic (exact) mass is 364 g/mol. The van der Waals surface area contributed by atoms with Gasteiger partial charge in [-0.15, -0.1) is 0 Å². The Hall–Kier alpha value is -1.93. The van der Waals surface area contributed by atoms with Gasteiger partial charge in [0, 0.05) is 29.7 Å². The van der Waals surface area contributed by atoms with Crippen LogP contribution in [0, 0.1) is 0 Å². The maximum Gasteiger partial charge on any atom is 0.255 e. The van der Waals surface area contributed by atoms with Crippen molar-refractivity contribution in [3.63, 3.8) is 0 Å². The largest absolute Gasteiger partial charge is 0.394 e. The van der Waals surface area contributed by atoms with Crippen LogP contribution in [0.15, 0.2) is 30.3 Å². The van der Waals surface area contributed by atoms with Crippen molar-refractivity contribution in [2.75, 3.05) is 38.7 Å². The van der Waals surface area contributed by atoms with Crippen molar-refractivity contribution >= 4 is 23.3 Å². The molecule has 1 saturated heterocycles. The van der Waals surface area contributed by atoms with E-state index in [0.717, 1.165) is 12.1 Å². The Kier molecular flexibility index (Phi) is 5.70. The number of nitrogens with one attached hydrogen (secondary N) is 1. The topological polar surface area (TPSA) is 79.6 Å². The van der Waals surface area contributed by atoms with Gasteiger partial charge in [0.15, 0.2) is 0 Å². The third-order valence-corrected chi connectivity index (χ3v) is 4.30. The van der Waals surface area contributed by atoms with Crippen molar-refractivity contribution in [1.82, 2.24) is 14.7 Å². The van der Waals surface area contributed by atoms with E-state index in [-0.39, 0.29) is 19.1 Å². The van der Waals surface area contributed by atoms with Crippen LogP contribution in [0.5, 0.6) is 0 Å². The van der Waals surface area contributed by atoms with Gasteiger partial charge in [-0.2, -0.15) is 5.10 Å². The first-order valence-electron chi connectivity index (χ1n) is 8.12. The quantitative estimate of drug-likeness (QED) is 0.839. The minimum atomic E-state index is -0.518. The van der Waals surface area contributed by atoms with Gasteiger partial charge in [0.25, 0.3) is 5.91 Å². The van der Waals surface area contributed by atoms with E-state index in [1.807, 2.05) is 19.2 Å². The van der Waals surface area contributed by atoms with Crippen LogP contribution in [0.1, 0.15) is 0 Å². The van der Waals surface area contributed by atoms with Crippen LogP contribution < -0.4 is 5.32 Å². The average molecular weight is 365 g/mol. The predicted octanol–water partition coefficient (Wildman–Crippen LogP) is 1.46. The molecule has 0 bridgehead atoms. The van der Waals surface area contributed by atoms with Gasteiger partial charge in [-0.25, -0.2) is 4.68 Å². The summed E-state index contributed by atoms with van der Waals surface area (Å²) in [5.74, 6) is 0.314. The number of likely N-dealkylation sites (N-methyl/N-ethyl adjacent to an activating group) is 1. The summed E-state index contributed by atoms with van der Waals surface area (Å²) < 4.78 is 7.12. The van der Waals surface area contributed by atoms with Gasteiger partial charge in [-0.1, -0.05) is 23.7 Å². The Morgan fingerprint density at radius 2 is 2.20 bits per heavy atom. The first kappa shape index (κ1) is 17.9. The normalized spacial score (nSPS) is 18.3. The third kappa shape index (κ3) is 4.38. The molecule has 0 aliphatic carbocycles. The number of ether oxygens (including phenoxy) is 1. The number of aliphatic hydroxyl groups is 1. The molecule has 2 heterocycles. The zero-order valence-electron chi connectivity index (χ0n) is 14.0. The smallest absolute Gasteiger partial charge is 0.255 e. The zero-order chi connectivity index (χ0) is 17.8. The van der Waals surface area contributed by atoms with E-state index in [1.165, 1.54) is 0 Å². The number of rotatable bonds is 5. The third-order valence-electron chi connectivity index (χ3n) is 4.04. The Bertz CT molecular complexity index is 732. The van der Waals surface area contributed by atoms with Crippen molar-refractivity contribution in [1.29, 1.82) is 0 Å². The molecule has 1 atom stereocenters. The number of nitrogens with zero attached hydrogens (tertiary/aromatic N) is 3. The predicted molar refractivity (Wildman–Crippen MR) is 95.6 cm³/mol. The fraction of sp³-hybridized carbons (Fsp3) is 0.412. The van der Waals surface area contributed by atoms with Gasteiger partial charge in [0.2, 0.25) is 0 Å². The highest BCUT2D eigenvalue weighted by molar-refractivity contribution is 6.30. The van der Waals surface area contributed by atoms with Crippen molar-refractivity contribution in [3.8, 4) is 11.3 Å². The van der Waals surface area contributed by atoms with Gasteiger partial charge < -0.3 is 20.1 Å². The standard InChI is InChI=1S/C17H21ClN4O3/c1-21-7-9-25-15(11-21)17(24)19-16-10-14(20-22(16)6-8-23)12-2-4-13(18)5-3-12/h2-5,10,15,23H,6-9,11H2,1H3,(H,19,24). The summed E-state index contributed by atoms with van der Waals surface area (Å²) in [6.45, 7) is 2.10. The molecule has 2 N–H and O–H groups in total. The molecular weight excluding hydrogens is 344 g/mol. The highest BCUT2D eigenvalue weighted by atomic mass is 35.5. The Balaban J connectivity index is 1.79. The second-order valence-electron chi connectivity index (χ2n) is 5.98. The van der Waals surface area contributed by atoms with E-state index >= 15 is 0 Å². The fourth-order valence-corrected chi connectivity index (χ4v) is 2.81. The van der Waals surface area contributed by atoms with Crippen LogP contribution in [0.4, 0.5) is 5.82 Å². The first-order chi connectivity index (χ1) is 12.1. The van der Waals surface area contributed by atoms with E-state index in [0.29, 0.717) is 29.7 Å². The van der Waals surface area contributed by atoms with Gasteiger partial charge >= 0.3 is 0 Å². The molecule has 1 aliphatic heterocycles.